The molecule has 4 rings (SSSR count). The predicted octanol–water partition coefficient (Wildman–Crippen LogP) is 5.18. The molecule has 3 aromatic rings. The van der Waals surface area contributed by atoms with E-state index in [4.69, 9.17) is 5.73 Å². The van der Waals surface area contributed by atoms with E-state index < -0.39 is 17.8 Å². The molecule has 1 heterocycles. The molecule has 3 N–H and O–H groups in total. The van der Waals surface area contributed by atoms with Crippen molar-refractivity contribution >= 4 is 29.2 Å². The lowest BCUT2D eigenvalue weighted by Crippen LogP contribution is -2.31. The molecule has 1 aliphatic heterocycles. The number of piperidine rings is 1. The van der Waals surface area contributed by atoms with Gasteiger partial charge in [0, 0.05) is 24.3 Å². The van der Waals surface area contributed by atoms with Crippen LogP contribution in [-0.4, -0.2) is 30.1 Å². The second-order valence-corrected chi connectivity index (χ2v) is 8.34. The maximum Gasteiger partial charge on any atom is 0.335 e. The van der Waals surface area contributed by atoms with Gasteiger partial charge in [-0.3, -0.25) is 4.79 Å². The Balaban J connectivity index is 1.88. The molecular weight excluding hydrogens is 412 g/mol. The number of primary amides is 1. The molecule has 0 spiro atoms. The van der Waals surface area contributed by atoms with Gasteiger partial charge < -0.3 is 15.7 Å². The van der Waals surface area contributed by atoms with Crippen LogP contribution in [0.25, 0.3) is 11.6 Å². The molecule has 0 saturated carbocycles. The largest absolute Gasteiger partial charge is 0.478 e. The molecule has 1 atom stereocenters. The fraction of sp³-hybridized carbons (Fsp3) is 0.214. The normalized spacial score (nSPS) is 15.2. The van der Waals surface area contributed by atoms with Gasteiger partial charge in [-0.1, -0.05) is 60.7 Å². The van der Waals surface area contributed by atoms with Gasteiger partial charge in [-0.25, -0.2) is 4.79 Å². The summed E-state index contributed by atoms with van der Waals surface area (Å²) < 4.78 is 0. The number of anilines is 1. The molecule has 168 valence electrons. The lowest BCUT2D eigenvalue weighted by molar-refractivity contribution is -0.118. The average molecular weight is 441 g/mol. The van der Waals surface area contributed by atoms with Crippen LogP contribution in [0.2, 0.25) is 0 Å². The minimum Gasteiger partial charge on any atom is -0.478 e. The van der Waals surface area contributed by atoms with E-state index in [9.17, 15) is 14.7 Å². The van der Waals surface area contributed by atoms with Crippen LogP contribution in [0.15, 0.2) is 78.9 Å². The molecule has 3 aromatic carbocycles. The first-order chi connectivity index (χ1) is 16.0. The Hall–Kier alpha value is -3.86. The third kappa shape index (κ3) is 5.14. The zero-order chi connectivity index (χ0) is 23.2. The standard InChI is InChI=1S/C28H28N2O3/c29-27(31)26(21-13-15-22(16-14-21)28(32)33)24(19-20-9-3-1-4-10-20)23-11-5-6-12-25(23)30-17-7-2-8-18-30/h1,3-6,9-16,19,26H,2,7-8,17-18H2,(H2,29,31)(H,32,33). The van der Waals surface area contributed by atoms with Crippen molar-refractivity contribution in [3.8, 4) is 0 Å². The van der Waals surface area contributed by atoms with Crippen LogP contribution in [-0.2, 0) is 4.79 Å². The average Bonchev–Trinajstić information content (AvgIpc) is 2.85. The minimum absolute atomic E-state index is 0.171. The number of hydrogen-bond donors (Lipinski definition) is 2. The summed E-state index contributed by atoms with van der Waals surface area (Å²) in [6.45, 7) is 1.95. The number of carboxylic acids is 1. The number of rotatable bonds is 7. The maximum atomic E-state index is 12.9. The molecule has 1 saturated heterocycles. The molecule has 1 unspecified atom stereocenters. The summed E-state index contributed by atoms with van der Waals surface area (Å²) in [5, 5.41) is 9.28. The summed E-state index contributed by atoms with van der Waals surface area (Å²) in [5.74, 6) is -2.21. The summed E-state index contributed by atoms with van der Waals surface area (Å²) in [7, 11) is 0. The molecule has 5 heteroatoms. The van der Waals surface area contributed by atoms with Crippen LogP contribution in [0.3, 0.4) is 0 Å². The highest BCUT2D eigenvalue weighted by Crippen LogP contribution is 2.39. The van der Waals surface area contributed by atoms with Crippen LogP contribution in [0, 0.1) is 0 Å². The fourth-order valence-corrected chi connectivity index (χ4v) is 4.49. The smallest absolute Gasteiger partial charge is 0.335 e. The quantitative estimate of drug-likeness (QED) is 0.496. The van der Waals surface area contributed by atoms with Crippen molar-refractivity contribution in [3.05, 3.63) is 101 Å². The first-order valence-electron chi connectivity index (χ1n) is 11.3. The summed E-state index contributed by atoms with van der Waals surface area (Å²) >= 11 is 0. The fourth-order valence-electron chi connectivity index (χ4n) is 4.49. The van der Waals surface area contributed by atoms with Crippen LogP contribution < -0.4 is 10.6 Å². The van der Waals surface area contributed by atoms with Gasteiger partial charge in [0.1, 0.15) is 0 Å². The summed E-state index contributed by atoms with van der Waals surface area (Å²) in [6, 6.07) is 24.4. The Morgan fingerprint density at radius 2 is 1.48 bits per heavy atom. The third-order valence-corrected chi connectivity index (χ3v) is 6.12. The van der Waals surface area contributed by atoms with Gasteiger partial charge in [0.15, 0.2) is 0 Å². The molecule has 1 amide bonds. The Labute approximate surface area is 194 Å². The van der Waals surface area contributed by atoms with Gasteiger partial charge in [-0.05, 0) is 60.2 Å². The highest BCUT2D eigenvalue weighted by Gasteiger charge is 2.27. The predicted molar refractivity (Wildman–Crippen MR) is 132 cm³/mol. The first kappa shape index (κ1) is 22.3. The topological polar surface area (TPSA) is 83.6 Å². The van der Waals surface area contributed by atoms with Crippen molar-refractivity contribution in [3.63, 3.8) is 0 Å². The minimum atomic E-state index is -1.01. The van der Waals surface area contributed by atoms with Crippen molar-refractivity contribution < 1.29 is 14.7 Å². The first-order valence-corrected chi connectivity index (χ1v) is 11.3. The number of aromatic carboxylic acids is 1. The van der Waals surface area contributed by atoms with E-state index in [1.807, 2.05) is 54.6 Å². The molecule has 0 bridgehead atoms. The van der Waals surface area contributed by atoms with Crippen molar-refractivity contribution in [2.45, 2.75) is 25.2 Å². The highest BCUT2D eigenvalue weighted by molar-refractivity contribution is 6.03. The van der Waals surface area contributed by atoms with Gasteiger partial charge in [0.05, 0.1) is 11.5 Å². The molecule has 1 aliphatic rings. The van der Waals surface area contributed by atoms with Crippen LogP contribution in [0.1, 0.15) is 52.2 Å². The van der Waals surface area contributed by atoms with Crippen molar-refractivity contribution in [1.29, 1.82) is 0 Å². The molecule has 5 nitrogen and oxygen atoms in total. The Kier molecular flexibility index (Phi) is 6.89. The molecular formula is C28H28N2O3. The number of amides is 1. The summed E-state index contributed by atoms with van der Waals surface area (Å²) in [5.41, 5.74) is 10.6. The lowest BCUT2D eigenvalue weighted by Gasteiger charge is -2.32. The Bertz CT molecular complexity index is 1150. The van der Waals surface area contributed by atoms with E-state index in [0.717, 1.165) is 48.3 Å². The summed E-state index contributed by atoms with van der Waals surface area (Å²) in [4.78, 5) is 26.6. The second-order valence-electron chi connectivity index (χ2n) is 8.34. The van der Waals surface area contributed by atoms with E-state index in [1.54, 1.807) is 12.1 Å². The number of hydrogen-bond acceptors (Lipinski definition) is 3. The second kappa shape index (κ2) is 10.2. The molecule has 0 aromatic heterocycles. The number of carboxylic acid groups (broad SMARTS) is 1. The number of carbonyl (C=O) groups is 2. The van der Waals surface area contributed by atoms with Crippen LogP contribution in [0.5, 0.6) is 0 Å². The number of nitrogens with two attached hydrogens (primary N) is 1. The monoisotopic (exact) mass is 440 g/mol. The highest BCUT2D eigenvalue weighted by atomic mass is 16.4. The van der Waals surface area contributed by atoms with E-state index in [2.05, 4.69) is 11.0 Å². The number of para-hydroxylation sites is 1. The molecule has 0 aliphatic carbocycles. The van der Waals surface area contributed by atoms with Gasteiger partial charge in [-0.15, -0.1) is 0 Å². The van der Waals surface area contributed by atoms with Crippen LogP contribution in [0.4, 0.5) is 5.69 Å². The third-order valence-electron chi connectivity index (χ3n) is 6.12. The number of benzene rings is 3. The van der Waals surface area contributed by atoms with Gasteiger partial charge in [0.25, 0.3) is 0 Å². The van der Waals surface area contributed by atoms with Gasteiger partial charge >= 0.3 is 5.97 Å². The van der Waals surface area contributed by atoms with Gasteiger partial charge in [-0.2, -0.15) is 0 Å². The maximum absolute atomic E-state index is 12.9. The molecule has 1 fully saturated rings. The number of carbonyl (C=O) groups excluding carboxylic acids is 1. The Morgan fingerprint density at radius 1 is 0.848 bits per heavy atom. The van der Waals surface area contributed by atoms with Crippen molar-refractivity contribution in [1.82, 2.24) is 0 Å². The van der Waals surface area contributed by atoms with E-state index >= 15 is 0 Å². The number of nitrogens with zero attached hydrogens (tertiary/aromatic N) is 1. The SMILES string of the molecule is NC(=O)C(C(=Cc1ccccc1)c1ccccc1N1CCCCC1)c1ccc(C(=O)O)cc1. The zero-order valence-corrected chi connectivity index (χ0v) is 18.5. The zero-order valence-electron chi connectivity index (χ0n) is 18.5. The van der Waals surface area contributed by atoms with Crippen LogP contribution >= 0.6 is 0 Å². The summed E-state index contributed by atoms with van der Waals surface area (Å²) in [6.07, 6.45) is 5.53. The van der Waals surface area contributed by atoms with Gasteiger partial charge in [0.2, 0.25) is 5.91 Å². The van der Waals surface area contributed by atoms with E-state index in [1.165, 1.54) is 18.6 Å². The van der Waals surface area contributed by atoms with Crippen molar-refractivity contribution in [2.75, 3.05) is 18.0 Å². The van der Waals surface area contributed by atoms with E-state index in [0.29, 0.717) is 5.56 Å². The lowest BCUT2D eigenvalue weighted by atomic mass is 9.83. The molecule has 33 heavy (non-hydrogen) atoms. The Morgan fingerprint density at radius 3 is 2.12 bits per heavy atom. The van der Waals surface area contributed by atoms with Crippen molar-refractivity contribution in [2.24, 2.45) is 5.73 Å². The molecule has 0 radical (unpaired) electrons. The van der Waals surface area contributed by atoms with E-state index in [-0.39, 0.29) is 5.56 Å².